The van der Waals surface area contributed by atoms with Crippen LogP contribution in [0.3, 0.4) is 0 Å². The lowest BCUT2D eigenvalue weighted by Gasteiger charge is -2.08. The Bertz CT molecular complexity index is 1020. The number of fused-ring (bicyclic) bond motifs is 1. The Morgan fingerprint density at radius 3 is 2.50 bits per heavy atom. The lowest BCUT2D eigenvalue weighted by atomic mass is 9.99. The fourth-order valence-corrected chi connectivity index (χ4v) is 2.98. The zero-order chi connectivity index (χ0) is 18.7. The average Bonchev–Trinajstić information content (AvgIpc) is 3.05. The molecule has 0 aliphatic rings. The van der Waals surface area contributed by atoms with Gasteiger partial charge in [0.05, 0.1) is 17.3 Å². The van der Waals surface area contributed by atoms with E-state index in [0.29, 0.717) is 17.0 Å². The summed E-state index contributed by atoms with van der Waals surface area (Å²) in [6.07, 6.45) is 0. The minimum Gasteiger partial charge on any atom is -0.350 e. The van der Waals surface area contributed by atoms with Crippen molar-refractivity contribution in [1.82, 2.24) is 10.4 Å². The van der Waals surface area contributed by atoms with Crippen molar-refractivity contribution in [2.24, 2.45) is 5.10 Å². The van der Waals surface area contributed by atoms with Crippen LogP contribution in [0.2, 0.25) is 0 Å². The third-order valence-electron chi connectivity index (χ3n) is 4.31. The molecule has 2 N–H and O–H groups in total. The molecule has 0 aliphatic carbocycles. The predicted molar refractivity (Wildman–Crippen MR) is 103 cm³/mol. The van der Waals surface area contributed by atoms with Crippen molar-refractivity contribution < 1.29 is 4.79 Å². The van der Waals surface area contributed by atoms with Crippen LogP contribution in [0, 0.1) is 11.3 Å². The number of hydrogen-bond acceptors (Lipinski definition) is 3. The molecule has 0 fully saturated rings. The second-order valence-corrected chi connectivity index (χ2v) is 6.44. The standard InChI is InChI=1S/C21H20N4O/c1-13(2)19-17-6-4-5-7-18(17)23-20(19)21(26)25-24-14(3)16-10-8-15(12-22)9-11-16/h4-11,13,23H,1-3H3,(H,25,26). The SMILES string of the molecule is CC(=NNC(=O)c1[nH]c2ccccc2c1C(C)C)c1ccc(C#N)cc1. The molecule has 1 heterocycles. The normalized spacial score (nSPS) is 11.6. The number of nitrogens with zero attached hydrogens (tertiary/aromatic N) is 2. The van der Waals surface area contributed by atoms with Gasteiger partial charge in [0.15, 0.2) is 0 Å². The molecule has 1 aromatic heterocycles. The van der Waals surface area contributed by atoms with Crippen LogP contribution >= 0.6 is 0 Å². The summed E-state index contributed by atoms with van der Waals surface area (Å²) in [5.41, 5.74) is 7.21. The first-order valence-corrected chi connectivity index (χ1v) is 8.47. The van der Waals surface area contributed by atoms with Crippen molar-refractivity contribution in [3.8, 4) is 6.07 Å². The number of carbonyl (C=O) groups is 1. The summed E-state index contributed by atoms with van der Waals surface area (Å²) in [6, 6.07) is 17.0. The molecule has 0 unspecified atom stereocenters. The van der Waals surface area contributed by atoms with Gasteiger partial charge in [0.2, 0.25) is 0 Å². The molecule has 3 aromatic rings. The monoisotopic (exact) mass is 344 g/mol. The van der Waals surface area contributed by atoms with Crippen LogP contribution in [0.25, 0.3) is 10.9 Å². The highest BCUT2D eigenvalue weighted by Crippen LogP contribution is 2.29. The Hall–Kier alpha value is -3.39. The van der Waals surface area contributed by atoms with Gasteiger partial charge >= 0.3 is 0 Å². The van der Waals surface area contributed by atoms with E-state index in [9.17, 15) is 4.79 Å². The maximum atomic E-state index is 12.7. The lowest BCUT2D eigenvalue weighted by Crippen LogP contribution is -2.21. The number of aromatic amines is 1. The van der Waals surface area contributed by atoms with Gasteiger partial charge in [-0.25, -0.2) is 5.43 Å². The number of rotatable bonds is 4. The average molecular weight is 344 g/mol. The van der Waals surface area contributed by atoms with Crippen LogP contribution in [0.1, 0.15) is 53.9 Å². The van der Waals surface area contributed by atoms with E-state index in [2.05, 4.69) is 35.4 Å². The molecular formula is C21H20N4O. The van der Waals surface area contributed by atoms with Gasteiger partial charge in [-0.3, -0.25) is 4.79 Å². The van der Waals surface area contributed by atoms with Gasteiger partial charge in [0, 0.05) is 10.9 Å². The van der Waals surface area contributed by atoms with E-state index in [0.717, 1.165) is 22.0 Å². The molecule has 0 saturated carbocycles. The third-order valence-corrected chi connectivity index (χ3v) is 4.31. The first-order chi connectivity index (χ1) is 12.5. The molecule has 0 bridgehead atoms. The summed E-state index contributed by atoms with van der Waals surface area (Å²) in [6.45, 7) is 5.95. The van der Waals surface area contributed by atoms with Gasteiger partial charge in [0.25, 0.3) is 5.91 Å². The van der Waals surface area contributed by atoms with Crippen LogP contribution in [-0.2, 0) is 0 Å². The minimum atomic E-state index is -0.266. The number of amides is 1. The van der Waals surface area contributed by atoms with Gasteiger partial charge in [0.1, 0.15) is 5.69 Å². The number of nitrogens with one attached hydrogen (secondary N) is 2. The summed E-state index contributed by atoms with van der Waals surface area (Å²) in [5, 5.41) is 14.1. The number of H-pyrrole nitrogens is 1. The van der Waals surface area contributed by atoms with Crippen LogP contribution in [-0.4, -0.2) is 16.6 Å². The van der Waals surface area contributed by atoms with Gasteiger partial charge < -0.3 is 4.98 Å². The molecule has 0 spiro atoms. The molecule has 5 heteroatoms. The highest BCUT2D eigenvalue weighted by Gasteiger charge is 2.19. The van der Waals surface area contributed by atoms with Crippen molar-refractivity contribution in [1.29, 1.82) is 5.26 Å². The molecule has 0 saturated heterocycles. The smallest absolute Gasteiger partial charge is 0.288 e. The zero-order valence-electron chi connectivity index (χ0n) is 15.0. The number of benzene rings is 2. The minimum absolute atomic E-state index is 0.204. The molecule has 26 heavy (non-hydrogen) atoms. The topological polar surface area (TPSA) is 81.0 Å². The Morgan fingerprint density at radius 2 is 1.85 bits per heavy atom. The third kappa shape index (κ3) is 3.35. The summed E-state index contributed by atoms with van der Waals surface area (Å²) in [7, 11) is 0. The Balaban J connectivity index is 1.87. The predicted octanol–water partition coefficient (Wildman–Crippen LogP) is 4.32. The van der Waals surface area contributed by atoms with E-state index in [1.165, 1.54) is 0 Å². The molecule has 0 atom stereocenters. The molecule has 3 rings (SSSR count). The second kappa shape index (κ2) is 7.24. The van der Waals surface area contributed by atoms with E-state index >= 15 is 0 Å². The number of aromatic nitrogens is 1. The molecule has 0 aliphatic heterocycles. The fourth-order valence-electron chi connectivity index (χ4n) is 2.98. The molecular weight excluding hydrogens is 324 g/mol. The lowest BCUT2D eigenvalue weighted by molar-refractivity contribution is 0.0949. The van der Waals surface area contributed by atoms with Crippen molar-refractivity contribution in [3.05, 3.63) is 70.9 Å². The number of carbonyl (C=O) groups excluding carboxylic acids is 1. The van der Waals surface area contributed by atoms with Crippen molar-refractivity contribution in [2.75, 3.05) is 0 Å². The Labute approximate surface area is 152 Å². The molecule has 1 amide bonds. The van der Waals surface area contributed by atoms with Gasteiger partial charge in [-0.2, -0.15) is 10.4 Å². The van der Waals surface area contributed by atoms with E-state index in [1.807, 2.05) is 43.3 Å². The largest absolute Gasteiger partial charge is 0.350 e. The van der Waals surface area contributed by atoms with E-state index in [1.54, 1.807) is 12.1 Å². The highest BCUT2D eigenvalue weighted by molar-refractivity contribution is 6.03. The van der Waals surface area contributed by atoms with E-state index in [-0.39, 0.29) is 11.8 Å². The van der Waals surface area contributed by atoms with Crippen LogP contribution in [0.5, 0.6) is 0 Å². The molecule has 130 valence electrons. The Morgan fingerprint density at radius 1 is 1.15 bits per heavy atom. The maximum Gasteiger partial charge on any atom is 0.288 e. The van der Waals surface area contributed by atoms with Gasteiger partial charge in [-0.1, -0.05) is 44.2 Å². The van der Waals surface area contributed by atoms with E-state index < -0.39 is 0 Å². The number of hydrogen-bond donors (Lipinski definition) is 2. The molecule has 0 radical (unpaired) electrons. The quantitative estimate of drug-likeness (QED) is 0.546. The zero-order valence-corrected chi connectivity index (χ0v) is 15.0. The Kier molecular flexibility index (Phi) is 4.85. The molecule has 2 aromatic carbocycles. The first-order valence-electron chi connectivity index (χ1n) is 8.47. The highest BCUT2D eigenvalue weighted by atomic mass is 16.2. The summed E-state index contributed by atoms with van der Waals surface area (Å²) in [5.74, 6) is -0.0617. The van der Waals surface area contributed by atoms with Crippen molar-refractivity contribution >= 4 is 22.5 Å². The van der Waals surface area contributed by atoms with Crippen LogP contribution < -0.4 is 5.43 Å². The summed E-state index contributed by atoms with van der Waals surface area (Å²) in [4.78, 5) is 15.9. The van der Waals surface area contributed by atoms with Crippen LogP contribution in [0.4, 0.5) is 0 Å². The van der Waals surface area contributed by atoms with Crippen molar-refractivity contribution in [3.63, 3.8) is 0 Å². The second-order valence-electron chi connectivity index (χ2n) is 6.44. The molecule has 5 nitrogen and oxygen atoms in total. The summed E-state index contributed by atoms with van der Waals surface area (Å²) >= 11 is 0. The maximum absolute atomic E-state index is 12.7. The number of para-hydroxylation sites is 1. The first kappa shape index (κ1) is 17.4. The van der Waals surface area contributed by atoms with Crippen LogP contribution in [0.15, 0.2) is 53.6 Å². The van der Waals surface area contributed by atoms with E-state index in [4.69, 9.17) is 5.26 Å². The van der Waals surface area contributed by atoms with Gasteiger partial charge in [-0.15, -0.1) is 0 Å². The number of nitriles is 1. The number of hydrazone groups is 1. The van der Waals surface area contributed by atoms with Gasteiger partial charge in [-0.05, 0) is 42.2 Å². The fraction of sp³-hybridized carbons (Fsp3) is 0.190. The van der Waals surface area contributed by atoms with Crippen molar-refractivity contribution in [2.45, 2.75) is 26.7 Å². The summed E-state index contributed by atoms with van der Waals surface area (Å²) < 4.78 is 0.